The molecule has 0 radical (unpaired) electrons. The van der Waals surface area contributed by atoms with Gasteiger partial charge in [0.1, 0.15) is 10.8 Å². The standard InChI is InChI=1S/C19H17N3O2S/c23-17(14-8-10-16(11-9-14)24-12-13-6-7-13)20-19-22-21-18(25-19)15-4-2-1-3-5-15/h1-5,8-11,13H,6-7,12H2,(H,20,22,23). The minimum Gasteiger partial charge on any atom is -0.493 e. The molecule has 3 aromatic rings. The van der Waals surface area contributed by atoms with Gasteiger partial charge in [0.05, 0.1) is 6.61 Å². The first-order chi connectivity index (χ1) is 12.3. The Hall–Kier alpha value is -2.73. The van der Waals surface area contributed by atoms with Gasteiger partial charge in [-0.3, -0.25) is 10.1 Å². The van der Waals surface area contributed by atoms with Crippen LogP contribution in [0.15, 0.2) is 54.6 Å². The molecule has 0 bridgehead atoms. The molecule has 1 aliphatic rings. The molecule has 1 aromatic heterocycles. The van der Waals surface area contributed by atoms with E-state index in [9.17, 15) is 4.79 Å². The van der Waals surface area contributed by atoms with Gasteiger partial charge in [-0.1, -0.05) is 41.7 Å². The number of ether oxygens (including phenoxy) is 1. The highest BCUT2D eigenvalue weighted by Gasteiger charge is 2.21. The SMILES string of the molecule is O=C(Nc1nnc(-c2ccccc2)s1)c1ccc(OCC2CC2)cc1. The zero-order chi connectivity index (χ0) is 17.1. The maximum absolute atomic E-state index is 12.3. The number of carbonyl (C=O) groups is 1. The quantitative estimate of drug-likeness (QED) is 0.721. The average molecular weight is 351 g/mol. The van der Waals surface area contributed by atoms with Gasteiger partial charge in [-0.15, -0.1) is 10.2 Å². The minimum atomic E-state index is -0.204. The summed E-state index contributed by atoms with van der Waals surface area (Å²) in [6.07, 6.45) is 2.51. The third kappa shape index (κ3) is 4.03. The summed E-state index contributed by atoms with van der Waals surface area (Å²) in [5, 5.41) is 12.2. The zero-order valence-corrected chi connectivity index (χ0v) is 14.3. The smallest absolute Gasteiger partial charge is 0.257 e. The Kier molecular flexibility index (Phi) is 4.43. The monoisotopic (exact) mass is 351 g/mol. The summed E-state index contributed by atoms with van der Waals surface area (Å²) in [7, 11) is 0. The molecule has 5 nitrogen and oxygen atoms in total. The van der Waals surface area contributed by atoms with E-state index < -0.39 is 0 Å². The summed E-state index contributed by atoms with van der Waals surface area (Å²) in [6, 6.07) is 16.9. The van der Waals surface area contributed by atoms with Crippen LogP contribution in [0.5, 0.6) is 5.75 Å². The molecular formula is C19H17N3O2S. The summed E-state index contributed by atoms with van der Waals surface area (Å²) < 4.78 is 5.68. The van der Waals surface area contributed by atoms with E-state index >= 15 is 0 Å². The molecule has 0 spiro atoms. The predicted molar refractivity (Wildman–Crippen MR) is 98.0 cm³/mol. The van der Waals surface area contributed by atoms with Gasteiger partial charge in [-0.25, -0.2) is 0 Å². The number of amides is 1. The second-order valence-corrected chi connectivity index (χ2v) is 6.99. The summed E-state index contributed by atoms with van der Waals surface area (Å²) >= 11 is 1.35. The Bertz CT molecular complexity index is 858. The van der Waals surface area contributed by atoms with Crippen LogP contribution in [0, 0.1) is 5.92 Å². The molecule has 1 N–H and O–H groups in total. The number of nitrogens with one attached hydrogen (secondary N) is 1. The number of anilines is 1. The van der Waals surface area contributed by atoms with Crippen LogP contribution >= 0.6 is 11.3 Å². The lowest BCUT2D eigenvalue weighted by Gasteiger charge is -2.06. The Morgan fingerprint density at radius 1 is 1.08 bits per heavy atom. The van der Waals surface area contributed by atoms with Crippen molar-refractivity contribution in [2.45, 2.75) is 12.8 Å². The lowest BCUT2D eigenvalue weighted by molar-refractivity contribution is 0.102. The third-order valence-electron chi connectivity index (χ3n) is 3.97. The van der Waals surface area contributed by atoms with E-state index in [1.165, 1.54) is 24.2 Å². The molecule has 0 saturated heterocycles. The van der Waals surface area contributed by atoms with E-state index in [4.69, 9.17) is 4.74 Å². The highest BCUT2D eigenvalue weighted by molar-refractivity contribution is 7.18. The van der Waals surface area contributed by atoms with E-state index in [1.54, 1.807) is 12.1 Å². The molecule has 2 aromatic carbocycles. The molecule has 1 fully saturated rings. The van der Waals surface area contributed by atoms with E-state index in [0.717, 1.165) is 22.9 Å². The Labute approximate surface area is 149 Å². The van der Waals surface area contributed by atoms with Gasteiger partial charge < -0.3 is 4.74 Å². The second-order valence-electron chi connectivity index (χ2n) is 6.01. The molecule has 0 atom stereocenters. The fourth-order valence-corrected chi connectivity index (χ4v) is 3.09. The highest BCUT2D eigenvalue weighted by atomic mass is 32.1. The lowest BCUT2D eigenvalue weighted by atomic mass is 10.2. The highest BCUT2D eigenvalue weighted by Crippen LogP contribution is 2.29. The molecule has 1 amide bonds. The minimum absolute atomic E-state index is 0.204. The van der Waals surface area contributed by atoms with Crippen molar-refractivity contribution >= 4 is 22.4 Å². The first kappa shape index (κ1) is 15.8. The van der Waals surface area contributed by atoms with E-state index in [-0.39, 0.29) is 5.91 Å². The van der Waals surface area contributed by atoms with Crippen molar-refractivity contribution in [2.75, 3.05) is 11.9 Å². The zero-order valence-electron chi connectivity index (χ0n) is 13.5. The molecular weight excluding hydrogens is 334 g/mol. The van der Waals surface area contributed by atoms with Gasteiger partial charge in [-0.2, -0.15) is 0 Å². The van der Waals surface area contributed by atoms with E-state index in [1.807, 2.05) is 42.5 Å². The van der Waals surface area contributed by atoms with Crippen LogP contribution in [0.25, 0.3) is 10.6 Å². The molecule has 1 aliphatic carbocycles. The molecule has 126 valence electrons. The molecule has 1 saturated carbocycles. The Morgan fingerprint density at radius 3 is 2.56 bits per heavy atom. The summed E-state index contributed by atoms with van der Waals surface area (Å²) in [5.41, 5.74) is 1.55. The van der Waals surface area contributed by atoms with Crippen LogP contribution < -0.4 is 10.1 Å². The van der Waals surface area contributed by atoms with Gasteiger partial charge in [-0.05, 0) is 43.0 Å². The van der Waals surface area contributed by atoms with Crippen molar-refractivity contribution in [1.29, 1.82) is 0 Å². The van der Waals surface area contributed by atoms with Crippen LogP contribution in [0.1, 0.15) is 23.2 Å². The summed E-state index contributed by atoms with van der Waals surface area (Å²) in [4.78, 5) is 12.3. The molecule has 6 heteroatoms. The van der Waals surface area contributed by atoms with Gasteiger partial charge in [0.25, 0.3) is 5.91 Å². The van der Waals surface area contributed by atoms with Crippen molar-refractivity contribution in [3.63, 3.8) is 0 Å². The largest absolute Gasteiger partial charge is 0.493 e. The Balaban J connectivity index is 1.39. The maximum Gasteiger partial charge on any atom is 0.257 e. The number of hydrogen-bond acceptors (Lipinski definition) is 5. The molecule has 1 heterocycles. The molecule has 25 heavy (non-hydrogen) atoms. The number of carbonyl (C=O) groups excluding carboxylic acids is 1. The Morgan fingerprint density at radius 2 is 1.84 bits per heavy atom. The van der Waals surface area contributed by atoms with Crippen LogP contribution in [-0.2, 0) is 0 Å². The van der Waals surface area contributed by atoms with Crippen LogP contribution in [0.4, 0.5) is 5.13 Å². The second kappa shape index (κ2) is 7.03. The molecule has 4 rings (SSSR count). The van der Waals surface area contributed by atoms with Gasteiger partial charge >= 0.3 is 0 Å². The normalized spacial score (nSPS) is 13.4. The van der Waals surface area contributed by atoms with Crippen LogP contribution in [0.3, 0.4) is 0 Å². The van der Waals surface area contributed by atoms with Crippen molar-refractivity contribution in [1.82, 2.24) is 10.2 Å². The maximum atomic E-state index is 12.3. The third-order valence-corrected chi connectivity index (χ3v) is 4.85. The molecule has 0 aliphatic heterocycles. The van der Waals surface area contributed by atoms with Crippen molar-refractivity contribution in [3.05, 3.63) is 60.2 Å². The van der Waals surface area contributed by atoms with Crippen molar-refractivity contribution < 1.29 is 9.53 Å². The number of rotatable bonds is 6. The fourth-order valence-electron chi connectivity index (χ4n) is 2.34. The van der Waals surface area contributed by atoms with Crippen molar-refractivity contribution in [3.8, 4) is 16.3 Å². The lowest BCUT2D eigenvalue weighted by Crippen LogP contribution is -2.11. The first-order valence-electron chi connectivity index (χ1n) is 8.21. The number of aromatic nitrogens is 2. The van der Waals surface area contributed by atoms with Gasteiger partial charge in [0.15, 0.2) is 0 Å². The predicted octanol–water partition coefficient (Wildman–Crippen LogP) is 4.25. The fraction of sp³-hybridized carbons (Fsp3) is 0.211. The van der Waals surface area contributed by atoms with Crippen LogP contribution in [-0.4, -0.2) is 22.7 Å². The average Bonchev–Trinajstić information content (AvgIpc) is 3.38. The van der Waals surface area contributed by atoms with Gasteiger partial charge in [0.2, 0.25) is 5.13 Å². The van der Waals surface area contributed by atoms with Gasteiger partial charge in [0, 0.05) is 11.1 Å². The topological polar surface area (TPSA) is 64.1 Å². The van der Waals surface area contributed by atoms with Crippen molar-refractivity contribution in [2.24, 2.45) is 5.92 Å². The van der Waals surface area contributed by atoms with E-state index in [2.05, 4.69) is 15.5 Å². The number of nitrogens with zero attached hydrogens (tertiary/aromatic N) is 2. The number of benzene rings is 2. The molecule has 0 unspecified atom stereocenters. The van der Waals surface area contributed by atoms with Crippen LogP contribution in [0.2, 0.25) is 0 Å². The number of hydrogen-bond donors (Lipinski definition) is 1. The van der Waals surface area contributed by atoms with E-state index in [0.29, 0.717) is 16.6 Å². The summed E-state index contributed by atoms with van der Waals surface area (Å²) in [6.45, 7) is 0.762. The first-order valence-corrected chi connectivity index (χ1v) is 9.03. The summed E-state index contributed by atoms with van der Waals surface area (Å²) in [5.74, 6) is 1.30.